The van der Waals surface area contributed by atoms with Gasteiger partial charge in [-0.05, 0) is 75.2 Å². The highest BCUT2D eigenvalue weighted by Gasteiger charge is 2.27. The number of benzene rings is 2. The predicted octanol–water partition coefficient (Wildman–Crippen LogP) is 4.58. The second-order valence-electron chi connectivity index (χ2n) is 10.2. The summed E-state index contributed by atoms with van der Waals surface area (Å²) in [5.74, 6) is -0.190. The van der Waals surface area contributed by atoms with Crippen molar-refractivity contribution >= 4 is 34.5 Å². The fourth-order valence-electron chi connectivity index (χ4n) is 4.33. The van der Waals surface area contributed by atoms with Crippen molar-refractivity contribution in [2.45, 2.75) is 39.2 Å². The number of amides is 3. The van der Waals surface area contributed by atoms with E-state index >= 15 is 0 Å². The first kappa shape index (κ1) is 25.3. The number of rotatable bonds is 6. The number of anilines is 1. The second kappa shape index (κ2) is 10.8. The Labute approximate surface area is 211 Å². The van der Waals surface area contributed by atoms with Crippen molar-refractivity contribution in [3.8, 4) is 0 Å². The number of carbonyl (C=O) groups is 3. The van der Waals surface area contributed by atoms with Gasteiger partial charge in [0.25, 0.3) is 5.91 Å². The van der Waals surface area contributed by atoms with Gasteiger partial charge in [-0.25, -0.2) is 4.79 Å². The molecule has 2 heterocycles. The van der Waals surface area contributed by atoms with Crippen molar-refractivity contribution < 1.29 is 19.1 Å². The molecule has 0 spiro atoms. The maximum atomic E-state index is 13.4. The molecular formula is C28H34N4O4. The summed E-state index contributed by atoms with van der Waals surface area (Å²) >= 11 is 0. The third kappa shape index (κ3) is 6.44. The molecular weight excluding hydrogens is 456 g/mol. The summed E-state index contributed by atoms with van der Waals surface area (Å²) in [5, 5.41) is 4.01. The van der Waals surface area contributed by atoms with Crippen LogP contribution in [-0.2, 0) is 9.53 Å². The Kier molecular flexibility index (Phi) is 7.62. The number of para-hydroxylation sites is 1. The van der Waals surface area contributed by atoms with E-state index < -0.39 is 5.60 Å². The molecule has 1 aliphatic rings. The highest BCUT2D eigenvalue weighted by Crippen LogP contribution is 2.21. The van der Waals surface area contributed by atoms with Gasteiger partial charge >= 0.3 is 6.09 Å². The summed E-state index contributed by atoms with van der Waals surface area (Å²) < 4.78 is 5.45. The number of likely N-dealkylation sites (tertiary alicyclic amines) is 1. The fraction of sp³-hybridized carbons (Fsp3) is 0.393. The van der Waals surface area contributed by atoms with E-state index in [0.29, 0.717) is 30.9 Å². The van der Waals surface area contributed by atoms with Crippen molar-refractivity contribution in [3.63, 3.8) is 0 Å². The lowest BCUT2D eigenvalue weighted by Gasteiger charge is -2.33. The van der Waals surface area contributed by atoms with E-state index in [1.807, 2.05) is 75.5 Å². The Balaban J connectivity index is 1.35. The Morgan fingerprint density at radius 1 is 1.06 bits per heavy atom. The molecule has 0 aliphatic carbocycles. The van der Waals surface area contributed by atoms with E-state index in [0.717, 1.165) is 23.7 Å². The van der Waals surface area contributed by atoms with E-state index in [1.54, 1.807) is 11.0 Å². The van der Waals surface area contributed by atoms with Gasteiger partial charge in [0.2, 0.25) is 5.91 Å². The first-order chi connectivity index (χ1) is 17.2. The number of hydrogen-bond donors (Lipinski definition) is 2. The Hall–Kier alpha value is -3.81. The van der Waals surface area contributed by atoms with Crippen molar-refractivity contribution in [1.29, 1.82) is 0 Å². The topological polar surface area (TPSA) is 94.7 Å². The van der Waals surface area contributed by atoms with Gasteiger partial charge in [0.05, 0.1) is 0 Å². The van der Waals surface area contributed by atoms with Gasteiger partial charge in [0.1, 0.15) is 12.1 Å². The van der Waals surface area contributed by atoms with Crippen LogP contribution in [0.25, 0.3) is 10.9 Å². The van der Waals surface area contributed by atoms with Gasteiger partial charge in [-0.1, -0.05) is 24.3 Å². The first-order valence-corrected chi connectivity index (χ1v) is 12.4. The Morgan fingerprint density at radius 2 is 1.78 bits per heavy atom. The standard InChI is InChI=1S/C28H34N4O4/c1-28(2,3)36-27(35)31-15-12-20(13-16-31)18-30-25(33)19-32(23-7-5-4-6-8-23)26(34)22-10-9-21-11-14-29-24(21)17-22/h4-11,14,17,20,29H,12-13,15-16,18-19H2,1-3H3,(H,30,33). The number of carbonyl (C=O) groups excluding carboxylic acids is 3. The smallest absolute Gasteiger partial charge is 0.410 e. The molecule has 2 aromatic carbocycles. The zero-order chi connectivity index (χ0) is 25.7. The van der Waals surface area contributed by atoms with Crippen LogP contribution in [0.2, 0.25) is 0 Å². The number of nitrogens with zero attached hydrogens (tertiary/aromatic N) is 2. The Bertz CT molecular complexity index is 1210. The van der Waals surface area contributed by atoms with Crippen LogP contribution >= 0.6 is 0 Å². The third-order valence-corrected chi connectivity index (χ3v) is 6.27. The van der Waals surface area contributed by atoms with Crippen molar-refractivity contribution in [3.05, 3.63) is 66.4 Å². The molecule has 36 heavy (non-hydrogen) atoms. The van der Waals surface area contributed by atoms with Gasteiger partial charge in [-0.2, -0.15) is 0 Å². The second-order valence-corrected chi connectivity index (χ2v) is 10.2. The van der Waals surface area contributed by atoms with Crippen LogP contribution in [0.3, 0.4) is 0 Å². The molecule has 0 bridgehead atoms. The fourth-order valence-corrected chi connectivity index (χ4v) is 4.33. The lowest BCUT2D eigenvalue weighted by atomic mass is 9.97. The molecule has 3 aromatic rings. The molecule has 4 rings (SSSR count). The summed E-state index contributed by atoms with van der Waals surface area (Å²) in [7, 11) is 0. The van der Waals surface area contributed by atoms with E-state index in [2.05, 4.69) is 10.3 Å². The van der Waals surface area contributed by atoms with Crippen LogP contribution < -0.4 is 10.2 Å². The molecule has 0 atom stereocenters. The maximum absolute atomic E-state index is 13.4. The van der Waals surface area contributed by atoms with Gasteiger partial charge < -0.3 is 19.9 Å². The number of hydrogen-bond acceptors (Lipinski definition) is 4. The zero-order valence-corrected chi connectivity index (χ0v) is 21.1. The number of piperidine rings is 1. The van der Waals surface area contributed by atoms with Gasteiger partial charge in [0.15, 0.2) is 0 Å². The van der Waals surface area contributed by atoms with Crippen LogP contribution in [0.15, 0.2) is 60.8 Å². The van der Waals surface area contributed by atoms with E-state index in [9.17, 15) is 14.4 Å². The normalized spacial score (nSPS) is 14.5. The molecule has 0 saturated carbocycles. The summed E-state index contributed by atoms with van der Waals surface area (Å²) in [5.41, 5.74) is 1.53. The first-order valence-electron chi connectivity index (χ1n) is 12.4. The van der Waals surface area contributed by atoms with Crippen LogP contribution in [0, 0.1) is 5.92 Å². The minimum absolute atomic E-state index is 0.0810. The molecule has 8 nitrogen and oxygen atoms in total. The average molecular weight is 491 g/mol. The van der Waals surface area contributed by atoms with Gasteiger partial charge in [-0.15, -0.1) is 0 Å². The molecule has 8 heteroatoms. The molecule has 190 valence electrons. The van der Waals surface area contributed by atoms with Gasteiger partial charge in [-0.3, -0.25) is 14.5 Å². The van der Waals surface area contributed by atoms with E-state index in [1.165, 1.54) is 4.90 Å². The number of aromatic nitrogens is 1. The maximum Gasteiger partial charge on any atom is 0.410 e. The van der Waals surface area contributed by atoms with Crippen molar-refractivity contribution in [1.82, 2.24) is 15.2 Å². The quantitative estimate of drug-likeness (QED) is 0.529. The summed E-state index contributed by atoms with van der Waals surface area (Å²) in [6.07, 6.45) is 3.12. The lowest BCUT2D eigenvalue weighted by Crippen LogP contribution is -2.45. The van der Waals surface area contributed by atoms with Gasteiger partial charge in [0, 0.05) is 42.6 Å². The molecule has 0 radical (unpaired) electrons. The summed E-state index contributed by atoms with van der Waals surface area (Å²) in [6.45, 7) is 7.20. The molecule has 0 unspecified atom stereocenters. The number of aromatic amines is 1. The largest absolute Gasteiger partial charge is 0.444 e. The number of nitrogens with one attached hydrogen (secondary N) is 2. The van der Waals surface area contributed by atoms with Crippen LogP contribution in [0.4, 0.5) is 10.5 Å². The Morgan fingerprint density at radius 3 is 2.47 bits per heavy atom. The monoisotopic (exact) mass is 490 g/mol. The molecule has 2 N–H and O–H groups in total. The molecule has 1 saturated heterocycles. The average Bonchev–Trinajstić information content (AvgIpc) is 3.33. The molecule has 1 aliphatic heterocycles. The minimum Gasteiger partial charge on any atom is -0.444 e. The van der Waals surface area contributed by atoms with Crippen LogP contribution in [0.1, 0.15) is 44.0 Å². The zero-order valence-electron chi connectivity index (χ0n) is 21.1. The highest BCUT2D eigenvalue weighted by molar-refractivity contribution is 6.10. The van der Waals surface area contributed by atoms with E-state index in [4.69, 9.17) is 4.74 Å². The lowest BCUT2D eigenvalue weighted by molar-refractivity contribution is -0.120. The summed E-state index contributed by atoms with van der Waals surface area (Å²) in [4.78, 5) is 45.0. The van der Waals surface area contributed by atoms with Crippen molar-refractivity contribution in [2.24, 2.45) is 5.92 Å². The highest BCUT2D eigenvalue weighted by atomic mass is 16.6. The number of H-pyrrole nitrogens is 1. The minimum atomic E-state index is -0.517. The number of fused-ring (bicyclic) bond motifs is 1. The molecule has 1 fully saturated rings. The third-order valence-electron chi connectivity index (χ3n) is 6.27. The van der Waals surface area contributed by atoms with Crippen LogP contribution in [-0.4, -0.2) is 59.6 Å². The predicted molar refractivity (Wildman–Crippen MR) is 140 cm³/mol. The SMILES string of the molecule is CC(C)(C)OC(=O)N1CCC(CNC(=O)CN(C(=O)c2ccc3cc[nH]c3c2)c2ccccc2)CC1. The summed E-state index contributed by atoms with van der Waals surface area (Å²) in [6, 6.07) is 16.7. The van der Waals surface area contributed by atoms with E-state index in [-0.39, 0.29) is 30.4 Å². The molecule has 1 aromatic heterocycles. The number of ether oxygens (including phenoxy) is 1. The van der Waals surface area contributed by atoms with Crippen LogP contribution in [0.5, 0.6) is 0 Å². The van der Waals surface area contributed by atoms with Crippen molar-refractivity contribution in [2.75, 3.05) is 31.1 Å². The molecule has 3 amide bonds.